The van der Waals surface area contributed by atoms with E-state index in [9.17, 15) is 4.79 Å². The number of hydrogen-bond acceptors (Lipinski definition) is 2. The van der Waals surface area contributed by atoms with Gasteiger partial charge in [-0.05, 0) is 37.5 Å². The van der Waals surface area contributed by atoms with E-state index in [0.29, 0.717) is 5.92 Å². The van der Waals surface area contributed by atoms with Crippen molar-refractivity contribution in [2.75, 3.05) is 6.54 Å². The Balaban J connectivity index is 2.70. The summed E-state index contributed by atoms with van der Waals surface area (Å²) < 4.78 is 0. The summed E-state index contributed by atoms with van der Waals surface area (Å²) in [6.07, 6.45) is 6.90. The van der Waals surface area contributed by atoms with Gasteiger partial charge in [0.2, 0.25) is 5.91 Å². The Morgan fingerprint density at radius 3 is 2.61 bits per heavy atom. The SMILES string of the molecule is CC(C)CN(C(=O)/C=C/c1cccnc1)C(C)C. The van der Waals surface area contributed by atoms with E-state index in [0.717, 1.165) is 12.1 Å². The Kier molecular flexibility index (Phi) is 5.56. The normalized spacial score (nSPS) is 11.4. The third-order valence-electron chi connectivity index (χ3n) is 2.57. The highest BCUT2D eigenvalue weighted by molar-refractivity contribution is 5.91. The number of rotatable bonds is 5. The summed E-state index contributed by atoms with van der Waals surface area (Å²) in [7, 11) is 0. The van der Waals surface area contributed by atoms with Gasteiger partial charge in [-0.1, -0.05) is 19.9 Å². The minimum Gasteiger partial charge on any atom is -0.336 e. The minimum atomic E-state index is 0.0579. The molecule has 0 unspecified atom stereocenters. The summed E-state index contributed by atoms with van der Waals surface area (Å²) in [5, 5.41) is 0. The summed E-state index contributed by atoms with van der Waals surface area (Å²) >= 11 is 0. The summed E-state index contributed by atoms with van der Waals surface area (Å²) in [6.45, 7) is 9.10. The zero-order valence-electron chi connectivity index (χ0n) is 11.6. The Labute approximate surface area is 110 Å². The molecule has 0 aromatic carbocycles. The molecule has 3 heteroatoms. The average molecular weight is 246 g/mol. The lowest BCUT2D eigenvalue weighted by Gasteiger charge is -2.27. The number of carbonyl (C=O) groups excluding carboxylic acids is 1. The number of nitrogens with zero attached hydrogens (tertiary/aromatic N) is 2. The van der Waals surface area contributed by atoms with Crippen LogP contribution in [-0.2, 0) is 4.79 Å². The van der Waals surface area contributed by atoms with Crippen LogP contribution < -0.4 is 0 Å². The van der Waals surface area contributed by atoms with Gasteiger partial charge in [-0.25, -0.2) is 0 Å². The molecule has 98 valence electrons. The Hall–Kier alpha value is -1.64. The van der Waals surface area contributed by atoms with Crippen LogP contribution in [0.4, 0.5) is 0 Å². The highest BCUT2D eigenvalue weighted by Gasteiger charge is 2.15. The van der Waals surface area contributed by atoms with E-state index < -0.39 is 0 Å². The first-order chi connectivity index (χ1) is 8.50. The maximum absolute atomic E-state index is 12.1. The van der Waals surface area contributed by atoms with Crippen LogP contribution in [0.1, 0.15) is 33.3 Å². The standard InChI is InChI=1S/C15H22N2O/c1-12(2)11-17(13(3)4)15(18)8-7-14-6-5-9-16-10-14/h5-10,12-13H,11H2,1-4H3/b8-7+. The molecule has 0 bridgehead atoms. The van der Waals surface area contributed by atoms with Gasteiger partial charge in [-0.15, -0.1) is 0 Å². The molecule has 18 heavy (non-hydrogen) atoms. The largest absolute Gasteiger partial charge is 0.336 e. The molecule has 0 aliphatic heterocycles. The van der Waals surface area contributed by atoms with Crippen molar-refractivity contribution in [1.29, 1.82) is 0 Å². The molecule has 3 nitrogen and oxygen atoms in total. The van der Waals surface area contributed by atoms with Gasteiger partial charge >= 0.3 is 0 Å². The van der Waals surface area contributed by atoms with Crippen molar-refractivity contribution in [3.8, 4) is 0 Å². The zero-order valence-corrected chi connectivity index (χ0v) is 11.6. The van der Waals surface area contributed by atoms with Crippen LogP contribution in [0.25, 0.3) is 6.08 Å². The lowest BCUT2D eigenvalue weighted by molar-refractivity contribution is -0.128. The molecule has 1 aromatic rings. The molecule has 0 fully saturated rings. The van der Waals surface area contributed by atoms with E-state index in [1.165, 1.54) is 0 Å². The van der Waals surface area contributed by atoms with Crippen LogP contribution in [0.3, 0.4) is 0 Å². The lowest BCUT2D eigenvalue weighted by Crippen LogP contribution is -2.38. The van der Waals surface area contributed by atoms with Crippen molar-refractivity contribution in [3.05, 3.63) is 36.2 Å². The molecule has 0 N–H and O–H groups in total. The Bertz CT molecular complexity index is 396. The molecule has 0 aliphatic rings. The molecule has 0 spiro atoms. The zero-order chi connectivity index (χ0) is 13.5. The number of amides is 1. The van der Waals surface area contributed by atoms with E-state index >= 15 is 0 Å². The second kappa shape index (κ2) is 6.94. The number of aromatic nitrogens is 1. The summed E-state index contributed by atoms with van der Waals surface area (Å²) in [5.41, 5.74) is 0.944. The van der Waals surface area contributed by atoms with E-state index in [1.54, 1.807) is 18.5 Å². The van der Waals surface area contributed by atoms with Crippen LogP contribution in [0.2, 0.25) is 0 Å². The third-order valence-corrected chi connectivity index (χ3v) is 2.57. The molecule has 0 saturated heterocycles. The Morgan fingerprint density at radius 2 is 2.11 bits per heavy atom. The molecular weight excluding hydrogens is 224 g/mol. The van der Waals surface area contributed by atoms with E-state index in [4.69, 9.17) is 0 Å². The summed E-state index contributed by atoms with van der Waals surface area (Å²) in [4.78, 5) is 18.0. The maximum atomic E-state index is 12.1. The number of carbonyl (C=O) groups is 1. The highest BCUT2D eigenvalue weighted by Crippen LogP contribution is 2.07. The van der Waals surface area contributed by atoms with Crippen LogP contribution in [0.5, 0.6) is 0 Å². The van der Waals surface area contributed by atoms with Crippen LogP contribution in [0, 0.1) is 5.92 Å². The molecular formula is C15H22N2O. The number of pyridine rings is 1. The quantitative estimate of drug-likeness (QED) is 0.748. The van der Waals surface area contributed by atoms with Gasteiger partial charge in [-0.2, -0.15) is 0 Å². The monoisotopic (exact) mass is 246 g/mol. The topological polar surface area (TPSA) is 33.2 Å². The number of hydrogen-bond donors (Lipinski definition) is 0. The van der Waals surface area contributed by atoms with Gasteiger partial charge in [0, 0.05) is 31.1 Å². The van der Waals surface area contributed by atoms with Gasteiger partial charge in [0.1, 0.15) is 0 Å². The summed E-state index contributed by atoms with van der Waals surface area (Å²) in [5.74, 6) is 0.533. The fourth-order valence-electron chi connectivity index (χ4n) is 1.69. The Morgan fingerprint density at radius 1 is 1.39 bits per heavy atom. The fraction of sp³-hybridized carbons (Fsp3) is 0.467. The van der Waals surface area contributed by atoms with Gasteiger partial charge in [0.15, 0.2) is 0 Å². The second-order valence-electron chi connectivity index (χ2n) is 5.10. The van der Waals surface area contributed by atoms with E-state index in [1.807, 2.05) is 37.0 Å². The van der Waals surface area contributed by atoms with Crippen molar-refractivity contribution in [2.45, 2.75) is 33.7 Å². The second-order valence-corrected chi connectivity index (χ2v) is 5.10. The first-order valence-electron chi connectivity index (χ1n) is 6.39. The van der Waals surface area contributed by atoms with Gasteiger partial charge in [-0.3, -0.25) is 9.78 Å². The molecule has 0 saturated carbocycles. The van der Waals surface area contributed by atoms with Crippen molar-refractivity contribution < 1.29 is 4.79 Å². The molecule has 0 aliphatic carbocycles. The first kappa shape index (κ1) is 14.4. The molecule has 1 rings (SSSR count). The average Bonchev–Trinajstić information content (AvgIpc) is 2.34. The van der Waals surface area contributed by atoms with E-state index in [2.05, 4.69) is 18.8 Å². The molecule has 1 heterocycles. The fourth-order valence-corrected chi connectivity index (χ4v) is 1.69. The van der Waals surface area contributed by atoms with Crippen molar-refractivity contribution in [1.82, 2.24) is 9.88 Å². The van der Waals surface area contributed by atoms with E-state index in [-0.39, 0.29) is 11.9 Å². The first-order valence-corrected chi connectivity index (χ1v) is 6.39. The van der Waals surface area contributed by atoms with Gasteiger partial charge in [0.05, 0.1) is 0 Å². The summed E-state index contributed by atoms with van der Waals surface area (Å²) in [6, 6.07) is 4.01. The van der Waals surface area contributed by atoms with Crippen LogP contribution in [-0.4, -0.2) is 28.4 Å². The smallest absolute Gasteiger partial charge is 0.246 e. The van der Waals surface area contributed by atoms with Crippen molar-refractivity contribution >= 4 is 12.0 Å². The maximum Gasteiger partial charge on any atom is 0.246 e. The van der Waals surface area contributed by atoms with Crippen molar-refractivity contribution in [3.63, 3.8) is 0 Å². The van der Waals surface area contributed by atoms with Crippen LogP contribution >= 0.6 is 0 Å². The molecule has 0 radical (unpaired) electrons. The minimum absolute atomic E-state index is 0.0579. The third kappa shape index (κ3) is 4.70. The molecule has 0 atom stereocenters. The highest BCUT2D eigenvalue weighted by atomic mass is 16.2. The van der Waals surface area contributed by atoms with Crippen LogP contribution in [0.15, 0.2) is 30.6 Å². The van der Waals surface area contributed by atoms with Crippen molar-refractivity contribution in [2.24, 2.45) is 5.92 Å². The van der Waals surface area contributed by atoms with Gasteiger partial charge < -0.3 is 4.90 Å². The molecule has 1 amide bonds. The van der Waals surface area contributed by atoms with Gasteiger partial charge in [0.25, 0.3) is 0 Å². The lowest BCUT2D eigenvalue weighted by atomic mass is 10.1. The molecule has 1 aromatic heterocycles. The predicted octanol–water partition coefficient (Wildman–Crippen LogP) is 2.99. The predicted molar refractivity (Wildman–Crippen MR) is 75.0 cm³/mol.